The van der Waals surface area contributed by atoms with Crippen LogP contribution in [0.3, 0.4) is 0 Å². The number of hydrogen-bond acceptors (Lipinski definition) is 1. The minimum atomic E-state index is -4.20. The number of nitrogens with one attached hydrogen (secondary N) is 1. The molecule has 0 aromatic heterocycles. The maximum atomic E-state index is 12.1. The lowest BCUT2D eigenvalue weighted by Crippen LogP contribution is -2.24. The molecule has 23 heavy (non-hydrogen) atoms. The van der Waals surface area contributed by atoms with Crippen molar-refractivity contribution in [3.05, 3.63) is 34.9 Å². The van der Waals surface area contributed by atoms with Gasteiger partial charge >= 0.3 is 6.18 Å². The van der Waals surface area contributed by atoms with Gasteiger partial charge in [0.05, 0.1) is 6.42 Å². The molecular formula is C16H20Cl2F3NO. The van der Waals surface area contributed by atoms with E-state index in [4.69, 9.17) is 23.2 Å². The van der Waals surface area contributed by atoms with Crippen LogP contribution in [-0.2, 0) is 0 Å². The van der Waals surface area contributed by atoms with Gasteiger partial charge in [0, 0.05) is 22.5 Å². The third-order valence-electron chi connectivity index (χ3n) is 3.29. The number of amides is 1. The first kappa shape index (κ1) is 20.1. The lowest BCUT2D eigenvalue weighted by Gasteiger charge is -2.11. The van der Waals surface area contributed by atoms with E-state index >= 15 is 0 Å². The van der Waals surface area contributed by atoms with Gasteiger partial charge in [-0.1, -0.05) is 30.9 Å². The van der Waals surface area contributed by atoms with Crippen LogP contribution in [0.25, 0.3) is 0 Å². The molecule has 7 heteroatoms. The Balaban J connectivity index is 2.05. The molecule has 1 atom stereocenters. The predicted octanol–water partition coefficient (Wildman–Crippen LogP) is 5.58. The number of unbranched alkanes of at least 4 members (excludes halogenated alkanes) is 3. The molecule has 0 bridgehead atoms. The Morgan fingerprint density at radius 3 is 2.30 bits per heavy atom. The zero-order valence-electron chi connectivity index (χ0n) is 12.6. The summed E-state index contributed by atoms with van der Waals surface area (Å²) < 4.78 is 36.3. The number of carbonyl (C=O) groups excluding carboxylic acids is 1. The average molecular weight is 370 g/mol. The number of benzene rings is 1. The second-order valence-electron chi connectivity index (χ2n) is 5.38. The van der Waals surface area contributed by atoms with Crippen LogP contribution in [0.4, 0.5) is 13.2 Å². The zero-order valence-corrected chi connectivity index (χ0v) is 14.1. The molecule has 1 aromatic rings. The van der Waals surface area contributed by atoms with E-state index in [2.05, 4.69) is 5.32 Å². The van der Waals surface area contributed by atoms with Gasteiger partial charge in [-0.05, 0) is 37.1 Å². The molecule has 0 fully saturated rings. The van der Waals surface area contributed by atoms with Gasteiger partial charge in [0.2, 0.25) is 0 Å². The molecule has 1 unspecified atom stereocenters. The van der Waals surface area contributed by atoms with Gasteiger partial charge in [0.15, 0.2) is 0 Å². The van der Waals surface area contributed by atoms with Crippen LogP contribution < -0.4 is 5.32 Å². The smallest absolute Gasteiger partial charge is 0.352 e. The Morgan fingerprint density at radius 2 is 1.70 bits per heavy atom. The highest BCUT2D eigenvalue weighted by Gasteiger charge is 2.30. The maximum Gasteiger partial charge on any atom is 0.390 e. The average Bonchev–Trinajstić information content (AvgIpc) is 2.45. The second-order valence-corrected chi connectivity index (χ2v) is 6.44. The largest absolute Gasteiger partial charge is 0.390 e. The number of halogens is 5. The van der Waals surface area contributed by atoms with Gasteiger partial charge in [-0.15, -0.1) is 11.6 Å². The molecule has 1 aromatic carbocycles. The molecule has 0 aliphatic carbocycles. The first-order valence-electron chi connectivity index (χ1n) is 7.52. The Kier molecular flexibility index (Phi) is 8.77. The van der Waals surface area contributed by atoms with Crippen molar-refractivity contribution in [1.29, 1.82) is 0 Å². The quantitative estimate of drug-likeness (QED) is 0.446. The maximum absolute atomic E-state index is 12.1. The van der Waals surface area contributed by atoms with Crippen molar-refractivity contribution in [3.8, 4) is 0 Å². The molecule has 0 aliphatic heterocycles. The fraction of sp³-hybridized carbons (Fsp3) is 0.562. The van der Waals surface area contributed by atoms with Crippen LogP contribution in [0.1, 0.15) is 48.9 Å². The van der Waals surface area contributed by atoms with Crippen molar-refractivity contribution < 1.29 is 18.0 Å². The monoisotopic (exact) mass is 369 g/mol. The number of rotatable bonds is 9. The summed E-state index contributed by atoms with van der Waals surface area (Å²) in [5, 5.41) is 2.52. The van der Waals surface area contributed by atoms with Gasteiger partial charge in [-0.2, -0.15) is 13.2 Å². The molecule has 0 saturated heterocycles. The lowest BCUT2D eigenvalue weighted by molar-refractivity contribution is -0.134. The summed E-state index contributed by atoms with van der Waals surface area (Å²) in [6.07, 6.45) is -1.68. The second kappa shape index (κ2) is 10.0. The van der Waals surface area contributed by atoms with E-state index < -0.39 is 18.0 Å². The fourth-order valence-corrected chi connectivity index (χ4v) is 2.56. The SMILES string of the molecule is O=C(NCCCCCCC(Cl)CC(F)(F)F)c1ccc(Cl)cc1. The summed E-state index contributed by atoms with van der Waals surface area (Å²) in [4.78, 5) is 11.8. The van der Waals surface area contributed by atoms with Crippen LogP contribution in [0.2, 0.25) is 5.02 Å². The summed E-state index contributed by atoms with van der Waals surface area (Å²) in [7, 11) is 0. The summed E-state index contributed by atoms with van der Waals surface area (Å²) in [5.74, 6) is -0.160. The molecule has 130 valence electrons. The molecule has 0 heterocycles. The standard InChI is InChI=1S/C16H20Cl2F3NO/c17-13-8-6-12(7-9-13)15(23)22-10-4-2-1-3-5-14(18)11-16(19,20)21/h6-9,14H,1-5,10-11H2,(H,22,23). The Labute approximate surface area is 144 Å². The highest BCUT2D eigenvalue weighted by molar-refractivity contribution is 6.30. The molecule has 0 spiro atoms. The van der Waals surface area contributed by atoms with E-state index in [1.54, 1.807) is 24.3 Å². The van der Waals surface area contributed by atoms with Crippen LogP contribution in [0, 0.1) is 0 Å². The van der Waals surface area contributed by atoms with Gasteiger partial charge < -0.3 is 5.32 Å². The number of carbonyl (C=O) groups is 1. The molecule has 2 nitrogen and oxygen atoms in total. The van der Waals surface area contributed by atoms with Gasteiger partial charge in [-0.3, -0.25) is 4.79 Å². The Bertz CT molecular complexity index is 477. The van der Waals surface area contributed by atoms with Gasteiger partial charge in [0.25, 0.3) is 5.91 Å². The molecule has 0 aliphatic rings. The summed E-state index contributed by atoms with van der Waals surface area (Å²) in [5.41, 5.74) is 0.548. The molecule has 0 saturated carbocycles. The minimum Gasteiger partial charge on any atom is -0.352 e. The van der Waals surface area contributed by atoms with Crippen molar-refractivity contribution >= 4 is 29.1 Å². The van der Waals surface area contributed by atoms with E-state index in [0.29, 0.717) is 30.0 Å². The van der Waals surface area contributed by atoms with E-state index in [1.165, 1.54) is 0 Å². The van der Waals surface area contributed by atoms with Crippen molar-refractivity contribution in [2.45, 2.75) is 50.1 Å². The molecular weight excluding hydrogens is 350 g/mol. The third-order valence-corrected chi connectivity index (χ3v) is 3.91. The van der Waals surface area contributed by atoms with E-state index in [0.717, 1.165) is 19.3 Å². The topological polar surface area (TPSA) is 29.1 Å². The molecule has 1 amide bonds. The molecule has 1 rings (SSSR count). The lowest BCUT2D eigenvalue weighted by atomic mass is 10.1. The normalized spacial score (nSPS) is 12.9. The number of hydrogen-bond donors (Lipinski definition) is 1. The van der Waals surface area contributed by atoms with Crippen LogP contribution in [0.5, 0.6) is 0 Å². The van der Waals surface area contributed by atoms with E-state index in [-0.39, 0.29) is 5.91 Å². The fourth-order valence-electron chi connectivity index (χ4n) is 2.10. The highest BCUT2D eigenvalue weighted by atomic mass is 35.5. The third kappa shape index (κ3) is 9.72. The van der Waals surface area contributed by atoms with Crippen molar-refractivity contribution in [2.24, 2.45) is 0 Å². The Morgan fingerprint density at radius 1 is 1.09 bits per heavy atom. The van der Waals surface area contributed by atoms with Crippen molar-refractivity contribution in [1.82, 2.24) is 5.32 Å². The first-order valence-corrected chi connectivity index (χ1v) is 8.34. The van der Waals surface area contributed by atoms with Crippen LogP contribution in [0.15, 0.2) is 24.3 Å². The van der Waals surface area contributed by atoms with E-state index in [9.17, 15) is 18.0 Å². The highest BCUT2D eigenvalue weighted by Crippen LogP contribution is 2.26. The van der Waals surface area contributed by atoms with Gasteiger partial charge in [-0.25, -0.2) is 0 Å². The molecule has 0 radical (unpaired) electrons. The zero-order chi connectivity index (χ0) is 17.3. The summed E-state index contributed by atoms with van der Waals surface area (Å²) >= 11 is 11.4. The predicted molar refractivity (Wildman–Crippen MR) is 87.2 cm³/mol. The molecule has 1 N–H and O–H groups in total. The van der Waals surface area contributed by atoms with Crippen molar-refractivity contribution in [2.75, 3.05) is 6.54 Å². The minimum absolute atomic E-state index is 0.160. The summed E-state index contributed by atoms with van der Waals surface area (Å²) in [6.45, 7) is 0.536. The first-order chi connectivity index (χ1) is 10.8. The Hall–Kier alpha value is -0.940. The van der Waals surface area contributed by atoms with Crippen LogP contribution >= 0.6 is 23.2 Å². The number of alkyl halides is 4. The van der Waals surface area contributed by atoms with E-state index in [1.807, 2.05) is 0 Å². The van der Waals surface area contributed by atoms with Crippen LogP contribution in [-0.4, -0.2) is 24.0 Å². The van der Waals surface area contributed by atoms with Crippen molar-refractivity contribution in [3.63, 3.8) is 0 Å². The summed E-state index contributed by atoms with van der Waals surface area (Å²) in [6, 6.07) is 6.61. The van der Waals surface area contributed by atoms with Gasteiger partial charge in [0.1, 0.15) is 0 Å².